The molecular weight excluding hydrogens is 170 g/mol. The van der Waals surface area contributed by atoms with Crippen LogP contribution in [0.25, 0.3) is 0 Å². The number of hydrogen-bond donors (Lipinski definition) is 1. The number of nitrogens with two attached hydrogens (primary N) is 1. The van der Waals surface area contributed by atoms with Crippen LogP contribution in [0.5, 0.6) is 0 Å². The summed E-state index contributed by atoms with van der Waals surface area (Å²) in [7, 11) is 0. The molecule has 1 atom stereocenters. The van der Waals surface area contributed by atoms with Crippen molar-refractivity contribution in [2.45, 2.75) is 32.7 Å². The highest BCUT2D eigenvalue weighted by molar-refractivity contribution is 7.99. The minimum Gasteiger partial charge on any atom is -0.379 e. The molecule has 0 fully saturated rings. The van der Waals surface area contributed by atoms with Crippen molar-refractivity contribution in [2.24, 2.45) is 5.73 Å². The molecular formula is C9H21NOS. The summed E-state index contributed by atoms with van der Waals surface area (Å²) in [6.07, 6.45) is 0.966. The molecule has 0 amide bonds. The van der Waals surface area contributed by atoms with Crippen LogP contribution in [-0.2, 0) is 4.74 Å². The van der Waals surface area contributed by atoms with Gasteiger partial charge in [-0.3, -0.25) is 0 Å². The third-order valence-corrected chi connectivity index (χ3v) is 2.68. The lowest BCUT2D eigenvalue weighted by molar-refractivity contribution is 0.102. The third-order valence-electron chi connectivity index (χ3n) is 1.82. The topological polar surface area (TPSA) is 35.2 Å². The standard InChI is InChI=1S/C9H21NOS/c1-4-9(3,10)8-11-6-7-12-5-2/h4-8,10H2,1-3H3. The summed E-state index contributed by atoms with van der Waals surface area (Å²) in [6.45, 7) is 7.77. The van der Waals surface area contributed by atoms with Crippen LogP contribution < -0.4 is 5.73 Å². The summed E-state index contributed by atoms with van der Waals surface area (Å²) in [5, 5.41) is 0. The molecule has 0 rings (SSSR count). The zero-order valence-electron chi connectivity index (χ0n) is 8.43. The largest absolute Gasteiger partial charge is 0.379 e. The van der Waals surface area contributed by atoms with Crippen LogP contribution >= 0.6 is 11.8 Å². The van der Waals surface area contributed by atoms with E-state index in [9.17, 15) is 0 Å². The molecule has 0 bridgehead atoms. The Kier molecular flexibility index (Phi) is 6.90. The van der Waals surface area contributed by atoms with Crippen LogP contribution in [0.1, 0.15) is 27.2 Å². The van der Waals surface area contributed by atoms with Gasteiger partial charge in [0, 0.05) is 11.3 Å². The monoisotopic (exact) mass is 191 g/mol. The maximum atomic E-state index is 5.90. The Labute approximate surface area is 80.2 Å². The molecule has 0 heterocycles. The Hall–Kier alpha value is 0.270. The van der Waals surface area contributed by atoms with Gasteiger partial charge in [0.2, 0.25) is 0 Å². The van der Waals surface area contributed by atoms with Gasteiger partial charge in [-0.25, -0.2) is 0 Å². The molecule has 2 nitrogen and oxygen atoms in total. The number of hydrogen-bond acceptors (Lipinski definition) is 3. The molecule has 12 heavy (non-hydrogen) atoms. The minimum absolute atomic E-state index is 0.142. The second kappa shape index (κ2) is 6.75. The highest BCUT2D eigenvalue weighted by Gasteiger charge is 2.14. The normalized spacial score (nSPS) is 16.0. The van der Waals surface area contributed by atoms with E-state index >= 15 is 0 Å². The molecule has 0 radical (unpaired) electrons. The zero-order chi connectivity index (χ0) is 9.45. The summed E-state index contributed by atoms with van der Waals surface area (Å²) in [4.78, 5) is 0. The molecule has 0 aromatic heterocycles. The van der Waals surface area contributed by atoms with E-state index in [0.717, 1.165) is 24.5 Å². The van der Waals surface area contributed by atoms with Crippen LogP contribution in [0.3, 0.4) is 0 Å². The van der Waals surface area contributed by atoms with Gasteiger partial charge < -0.3 is 10.5 Å². The first kappa shape index (κ1) is 12.3. The summed E-state index contributed by atoms with van der Waals surface area (Å²) >= 11 is 1.90. The Morgan fingerprint density at radius 3 is 2.58 bits per heavy atom. The van der Waals surface area contributed by atoms with Gasteiger partial charge in [0.25, 0.3) is 0 Å². The number of thioether (sulfide) groups is 1. The lowest BCUT2D eigenvalue weighted by Gasteiger charge is -2.22. The molecule has 0 saturated heterocycles. The molecule has 2 N–H and O–H groups in total. The van der Waals surface area contributed by atoms with E-state index < -0.39 is 0 Å². The fraction of sp³-hybridized carbons (Fsp3) is 1.00. The zero-order valence-corrected chi connectivity index (χ0v) is 9.25. The first-order valence-electron chi connectivity index (χ1n) is 4.56. The lowest BCUT2D eigenvalue weighted by atomic mass is 10.0. The number of rotatable bonds is 7. The fourth-order valence-corrected chi connectivity index (χ4v) is 1.19. The Morgan fingerprint density at radius 2 is 2.08 bits per heavy atom. The van der Waals surface area contributed by atoms with Gasteiger partial charge in [-0.1, -0.05) is 13.8 Å². The van der Waals surface area contributed by atoms with Crippen molar-refractivity contribution in [3.05, 3.63) is 0 Å². The van der Waals surface area contributed by atoms with Crippen molar-refractivity contribution >= 4 is 11.8 Å². The third kappa shape index (κ3) is 6.95. The van der Waals surface area contributed by atoms with Crippen molar-refractivity contribution in [1.82, 2.24) is 0 Å². The van der Waals surface area contributed by atoms with Crippen LogP contribution in [0.2, 0.25) is 0 Å². The highest BCUT2D eigenvalue weighted by Crippen LogP contribution is 2.05. The molecule has 0 aliphatic carbocycles. The average Bonchev–Trinajstić information content (AvgIpc) is 2.04. The van der Waals surface area contributed by atoms with Crippen molar-refractivity contribution in [1.29, 1.82) is 0 Å². The Bertz CT molecular complexity index is 107. The van der Waals surface area contributed by atoms with Gasteiger partial charge in [-0.15, -0.1) is 0 Å². The molecule has 3 heteroatoms. The molecule has 0 aromatic carbocycles. The highest BCUT2D eigenvalue weighted by atomic mass is 32.2. The van der Waals surface area contributed by atoms with Gasteiger partial charge in [-0.05, 0) is 19.1 Å². The molecule has 0 saturated carbocycles. The second-order valence-electron chi connectivity index (χ2n) is 3.26. The van der Waals surface area contributed by atoms with Gasteiger partial charge >= 0.3 is 0 Å². The smallest absolute Gasteiger partial charge is 0.0643 e. The predicted octanol–water partition coefficient (Wildman–Crippen LogP) is 1.88. The lowest BCUT2D eigenvalue weighted by Crippen LogP contribution is -2.40. The maximum Gasteiger partial charge on any atom is 0.0643 e. The summed E-state index contributed by atoms with van der Waals surface area (Å²) in [6, 6.07) is 0. The molecule has 0 aromatic rings. The summed E-state index contributed by atoms with van der Waals surface area (Å²) in [5.41, 5.74) is 5.76. The van der Waals surface area contributed by atoms with E-state index in [4.69, 9.17) is 10.5 Å². The molecule has 0 spiro atoms. The van der Waals surface area contributed by atoms with Gasteiger partial charge in [0.15, 0.2) is 0 Å². The van der Waals surface area contributed by atoms with E-state index in [1.54, 1.807) is 0 Å². The van der Waals surface area contributed by atoms with Crippen LogP contribution in [0.15, 0.2) is 0 Å². The first-order chi connectivity index (χ1) is 5.62. The van der Waals surface area contributed by atoms with Gasteiger partial charge in [0.1, 0.15) is 0 Å². The van der Waals surface area contributed by atoms with Crippen molar-refractivity contribution in [3.8, 4) is 0 Å². The average molecular weight is 191 g/mol. The van der Waals surface area contributed by atoms with Gasteiger partial charge in [-0.2, -0.15) is 11.8 Å². The second-order valence-corrected chi connectivity index (χ2v) is 4.65. The van der Waals surface area contributed by atoms with Crippen molar-refractivity contribution < 1.29 is 4.74 Å². The Balaban J connectivity index is 3.19. The maximum absolute atomic E-state index is 5.90. The van der Waals surface area contributed by atoms with Crippen molar-refractivity contribution in [3.63, 3.8) is 0 Å². The van der Waals surface area contributed by atoms with Crippen LogP contribution in [-0.4, -0.2) is 30.3 Å². The molecule has 74 valence electrons. The van der Waals surface area contributed by atoms with Gasteiger partial charge in [0.05, 0.1) is 13.2 Å². The quantitative estimate of drug-likeness (QED) is 0.624. The Morgan fingerprint density at radius 1 is 1.42 bits per heavy atom. The number of ether oxygens (including phenoxy) is 1. The summed E-state index contributed by atoms with van der Waals surface area (Å²) in [5.74, 6) is 2.24. The summed E-state index contributed by atoms with van der Waals surface area (Å²) < 4.78 is 5.45. The minimum atomic E-state index is -0.142. The fourth-order valence-electron chi connectivity index (χ4n) is 0.670. The molecule has 0 aliphatic rings. The molecule has 0 aliphatic heterocycles. The van der Waals surface area contributed by atoms with Crippen molar-refractivity contribution in [2.75, 3.05) is 24.7 Å². The van der Waals surface area contributed by atoms with E-state index in [0.29, 0.717) is 6.61 Å². The van der Waals surface area contributed by atoms with E-state index in [1.807, 2.05) is 18.7 Å². The van der Waals surface area contributed by atoms with E-state index in [1.165, 1.54) is 0 Å². The van der Waals surface area contributed by atoms with E-state index in [-0.39, 0.29) is 5.54 Å². The SMILES string of the molecule is CCSCCOCC(C)(N)CC. The predicted molar refractivity (Wildman–Crippen MR) is 56.7 cm³/mol. The van der Waals surface area contributed by atoms with Crippen LogP contribution in [0, 0.1) is 0 Å². The van der Waals surface area contributed by atoms with Crippen LogP contribution in [0.4, 0.5) is 0 Å². The van der Waals surface area contributed by atoms with E-state index in [2.05, 4.69) is 13.8 Å². The molecule has 1 unspecified atom stereocenters. The first-order valence-corrected chi connectivity index (χ1v) is 5.72.